The summed E-state index contributed by atoms with van der Waals surface area (Å²) in [6.07, 6.45) is -3.98. The molecule has 1 fully saturated rings. The molecule has 1 amide bonds. The van der Waals surface area contributed by atoms with Crippen LogP contribution in [0.4, 0.5) is 13.2 Å². The van der Waals surface area contributed by atoms with Crippen molar-refractivity contribution in [1.29, 1.82) is 0 Å². The number of amides is 1. The summed E-state index contributed by atoms with van der Waals surface area (Å²) in [7, 11) is 0. The molecule has 2 atom stereocenters. The fraction of sp³-hybridized carbons (Fsp3) is 0.350. The molecule has 0 radical (unpaired) electrons. The van der Waals surface area contributed by atoms with Crippen LogP contribution in [0.1, 0.15) is 29.0 Å². The van der Waals surface area contributed by atoms with Gasteiger partial charge in [0.05, 0.1) is 5.56 Å². The molecule has 2 aliphatic rings. The molecule has 4 nitrogen and oxygen atoms in total. The van der Waals surface area contributed by atoms with E-state index in [0.717, 1.165) is 11.6 Å². The molecular formula is C20H18F3NO3. The summed E-state index contributed by atoms with van der Waals surface area (Å²) in [5.41, 5.74) is 0.391. The Morgan fingerprint density at radius 1 is 1.07 bits per heavy atom. The predicted octanol–water partition coefficient (Wildman–Crippen LogP) is 3.90. The molecule has 7 heteroatoms. The third-order valence-corrected chi connectivity index (χ3v) is 4.87. The molecule has 0 unspecified atom stereocenters. The van der Waals surface area contributed by atoms with Gasteiger partial charge < -0.3 is 14.8 Å². The fourth-order valence-electron chi connectivity index (χ4n) is 3.42. The summed E-state index contributed by atoms with van der Waals surface area (Å²) in [5.74, 6) is 0.263. The van der Waals surface area contributed by atoms with Crippen LogP contribution in [-0.4, -0.2) is 19.1 Å². The highest BCUT2D eigenvalue weighted by molar-refractivity contribution is 5.83. The number of nitrogens with one attached hydrogen (secondary N) is 1. The van der Waals surface area contributed by atoms with E-state index in [1.54, 1.807) is 18.2 Å². The number of ether oxygens (including phenoxy) is 2. The van der Waals surface area contributed by atoms with Gasteiger partial charge in [0.2, 0.25) is 5.91 Å². The Hall–Kier alpha value is -2.70. The molecule has 1 aliphatic carbocycles. The summed E-state index contributed by atoms with van der Waals surface area (Å²) in [5, 5.41) is 2.81. The number of rotatable bonds is 4. The molecule has 2 aromatic carbocycles. The van der Waals surface area contributed by atoms with Crippen LogP contribution in [0, 0.1) is 5.92 Å². The van der Waals surface area contributed by atoms with E-state index in [1.807, 2.05) is 6.07 Å². The van der Waals surface area contributed by atoms with Gasteiger partial charge in [0.15, 0.2) is 11.5 Å². The Bertz CT molecular complexity index is 866. The lowest BCUT2D eigenvalue weighted by Crippen LogP contribution is -2.25. The second-order valence-corrected chi connectivity index (χ2v) is 6.73. The van der Waals surface area contributed by atoms with Crippen molar-refractivity contribution in [3.63, 3.8) is 0 Å². The van der Waals surface area contributed by atoms with Gasteiger partial charge in [-0.3, -0.25) is 4.79 Å². The third-order valence-electron chi connectivity index (χ3n) is 4.87. The summed E-state index contributed by atoms with van der Waals surface area (Å²) < 4.78 is 50.4. The number of hydrogen-bond acceptors (Lipinski definition) is 3. The van der Waals surface area contributed by atoms with Gasteiger partial charge in [0.25, 0.3) is 0 Å². The number of alkyl halides is 3. The van der Waals surface area contributed by atoms with E-state index in [0.29, 0.717) is 37.7 Å². The zero-order valence-electron chi connectivity index (χ0n) is 14.4. The smallest absolute Gasteiger partial charge is 0.416 e. The van der Waals surface area contributed by atoms with Crippen LogP contribution in [0.3, 0.4) is 0 Å². The van der Waals surface area contributed by atoms with Crippen LogP contribution in [0.2, 0.25) is 0 Å². The van der Waals surface area contributed by atoms with Gasteiger partial charge in [-0.15, -0.1) is 0 Å². The van der Waals surface area contributed by atoms with Crippen LogP contribution < -0.4 is 14.8 Å². The maximum absolute atomic E-state index is 13.1. The van der Waals surface area contributed by atoms with Crippen molar-refractivity contribution in [1.82, 2.24) is 5.32 Å². The monoisotopic (exact) mass is 377 g/mol. The van der Waals surface area contributed by atoms with Crippen molar-refractivity contribution in [3.05, 3.63) is 59.2 Å². The molecule has 1 N–H and O–H groups in total. The standard InChI is InChI=1S/C20H18F3NO3/c21-20(22,23)16-4-2-1-3-13(16)14-10-15(14)19(25)24-11-12-5-6-17-18(9-12)27-8-7-26-17/h1-6,9,14-15H,7-8,10-11H2,(H,24,25)/t14-,15+/m0/s1. The zero-order chi connectivity index (χ0) is 19.0. The van der Waals surface area contributed by atoms with Crippen LogP contribution >= 0.6 is 0 Å². The minimum absolute atomic E-state index is 0.199. The quantitative estimate of drug-likeness (QED) is 0.879. The summed E-state index contributed by atoms with van der Waals surface area (Å²) in [4.78, 5) is 12.4. The molecule has 0 aromatic heterocycles. The Morgan fingerprint density at radius 3 is 2.59 bits per heavy atom. The molecule has 1 aliphatic heterocycles. The van der Waals surface area contributed by atoms with Gasteiger partial charge in [-0.2, -0.15) is 13.2 Å². The van der Waals surface area contributed by atoms with Crippen LogP contribution in [0.5, 0.6) is 11.5 Å². The topological polar surface area (TPSA) is 47.6 Å². The first-order valence-electron chi connectivity index (χ1n) is 8.76. The molecule has 0 saturated heterocycles. The lowest BCUT2D eigenvalue weighted by molar-refractivity contribution is -0.138. The molecule has 1 saturated carbocycles. The van der Waals surface area contributed by atoms with Gasteiger partial charge >= 0.3 is 6.18 Å². The second kappa shape index (κ2) is 6.79. The highest BCUT2D eigenvalue weighted by atomic mass is 19.4. The van der Waals surface area contributed by atoms with Gasteiger partial charge in [0, 0.05) is 12.5 Å². The van der Waals surface area contributed by atoms with E-state index in [9.17, 15) is 18.0 Å². The number of halogens is 3. The van der Waals surface area contributed by atoms with E-state index in [2.05, 4.69) is 5.32 Å². The second-order valence-electron chi connectivity index (χ2n) is 6.73. The molecule has 142 valence electrons. The average molecular weight is 377 g/mol. The van der Waals surface area contributed by atoms with E-state index >= 15 is 0 Å². The number of benzene rings is 2. The Balaban J connectivity index is 1.39. The zero-order valence-corrected chi connectivity index (χ0v) is 14.4. The Labute approximate surface area is 154 Å². The van der Waals surface area contributed by atoms with Crippen LogP contribution in [0.15, 0.2) is 42.5 Å². The first-order chi connectivity index (χ1) is 12.9. The summed E-state index contributed by atoms with van der Waals surface area (Å²) in [6.45, 7) is 1.27. The molecule has 2 aromatic rings. The normalized spacial score (nSPS) is 20.9. The Morgan fingerprint density at radius 2 is 1.81 bits per heavy atom. The van der Waals surface area contributed by atoms with Crippen molar-refractivity contribution in [2.45, 2.75) is 25.1 Å². The van der Waals surface area contributed by atoms with Crippen molar-refractivity contribution in [2.24, 2.45) is 5.92 Å². The van der Waals surface area contributed by atoms with E-state index < -0.39 is 17.7 Å². The van der Waals surface area contributed by atoms with Gasteiger partial charge in [0.1, 0.15) is 13.2 Å². The Kier molecular flexibility index (Phi) is 4.45. The van der Waals surface area contributed by atoms with Crippen molar-refractivity contribution in [3.8, 4) is 11.5 Å². The van der Waals surface area contributed by atoms with Crippen LogP contribution in [0.25, 0.3) is 0 Å². The fourth-order valence-corrected chi connectivity index (χ4v) is 3.42. The molecule has 4 rings (SSSR count). The maximum atomic E-state index is 13.1. The van der Waals surface area contributed by atoms with Gasteiger partial charge in [-0.25, -0.2) is 0 Å². The largest absolute Gasteiger partial charge is 0.486 e. The van der Waals surface area contributed by atoms with Crippen LogP contribution in [-0.2, 0) is 17.5 Å². The number of carbonyl (C=O) groups is 1. The minimum Gasteiger partial charge on any atom is -0.486 e. The summed E-state index contributed by atoms with van der Waals surface area (Å²) >= 11 is 0. The SMILES string of the molecule is O=C(NCc1ccc2c(c1)OCCO2)[C@@H]1C[C@H]1c1ccccc1C(F)(F)F. The van der Waals surface area contributed by atoms with Gasteiger partial charge in [-0.1, -0.05) is 24.3 Å². The van der Waals surface area contributed by atoms with E-state index in [1.165, 1.54) is 12.1 Å². The third kappa shape index (κ3) is 3.72. The number of fused-ring (bicyclic) bond motifs is 1. The molecule has 27 heavy (non-hydrogen) atoms. The molecular weight excluding hydrogens is 359 g/mol. The van der Waals surface area contributed by atoms with Crippen molar-refractivity contribution < 1.29 is 27.4 Å². The van der Waals surface area contributed by atoms with E-state index in [-0.39, 0.29) is 17.4 Å². The van der Waals surface area contributed by atoms with E-state index in [4.69, 9.17) is 9.47 Å². The molecule has 0 bridgehead atoms. The van der Waals surface area contributed by atoms with Crippen molar-refractivity contribution in [2.75, 3.05) is 13.2 Å². The first kappa shape index (κ1) is 17.7. The van der Waals surface area contributed by atoms with Crippen molar-refractivity contribution >= 4 is 5.91 Å². The average Bonchev–Trinajstić information content (AvgIpc) is 3.46. The minimum atomic E-state index is -4.41. The highest BCUT2D eigenvalue weighted by Gasteiger charge is 2.47. The number of carbonyl (C=O) groups excluding carboxylic acids is 1. The lowest BCUT2D eigenvalue weighted by atomic mass is 10.0. The van der Waals surface area contributed by atoms with Gasteiger partial charge in [-0.05, 0) is 41.7 Å². The molecule has 0 spiro atoms. The summed E-state index contributed by atoms with van der Waals surface area (Å²) in [6, 6.07) is 10.9. The molecule has 1 heterocycles. The highest BCUT2D eigenvalue weighted by Crippen LogP contribution is 2.51. The number of hydrogen-bond donors (Lipinski definition) is 1. The first-order valence-corrected chi connectivity index (χ1v) is 8.76. The lowest BCUT2D eigenvalue weighted by Gasteiger charge is -2.19. The maximum Gasteiger partial charge on any atom is 0.416 e. The predicted molar refractivity (Wildman–Crippen MR) is 91.6 cm³/mol.